The summed E-state index contributed by atoms with van der Waals surface area (Å²) in [5.41, 5.74) is 3.71. The summed E-state index contributed by atoms with van der Waals surface area (Å²) in [4.78, 5) is 35.6. The van der Waals surface area contributed by atoms with Crippen LogP contribution in [0.2, 0.25) is 0 Å². The van der Waals surface area contributed by atoms with Gasteiger partial charge in [0.2, 0.25) is 5.88 Å². The number of carbonyl (C=O) groups excluding carboxylic acids is 2. The third-order valence-corrected chi connectivity index (χ3v) is 8.64. The summed E-state index contributed by atoms with van der Waals surface area (Å²) in [6, 6.07) is 26.9. The first-order chi connectivity index (χ1) is 26.4. The molecule has 0 spiro atoms. The summed E-state index contributed by atoms with van der Waals surface area (Å²) in [5.74, 6) is 4.95. The van der Waals surface area contributed by atoms with E-state index in [0.717, 1.165) is 33.5 Å². The molecule has 6 rings (SSSR count). The van der Waals surface area contributed by atoms with Crippen LogP contribution in [-0.2, 0) is 16.6 Å². The molecule has 12 nitrogen and oxygen atoms in total. The minimum atomic E-state index is -0.437. The SMILES string of the molecule is C#Cc1cc(Cc2nccc(Oc3ccc(NC(=O)Nc4cc(C(C)(C)C)nn4-c4ccc(OC)cc4)c4ccccc34)n2)cc(C(=O)N[C@@H](C)COC)c1. The van der Waals surface area contributed by atoms with Crippen molar-refractivity contribution in [1.29, 1.82) is 0 Å². The van der Waals surface area contributed by atoms with Crippen LogP contribution in [0.3, 0.4) is 0 Å². The second-order valence-corrected chi connectivity index (χ2v) is 14.0. The van der Waals surface area contributed by atoms with Crippen LogP contribution in [0.25, 0.3) is 16.5 Å². The number of carbonyl (C=O) groups is 2. The summed E-state index contributed by atoms with van der Waals surface area (Å²) in [6.07, 6.45) is 7.65. The van der Waals surface area contributed by atoms with Crippen molar-refractivity contribution in [3.63, 3.8) is 0 Å². The fourth-order valence-corrected chi connectivity index (χ4v) is 5.92. The quantitative estimate of drug-likeness (QED) is 0.108. The predicted molar refractivity (Wildman–Crippen MR) is 213 cm³/mol. The van der Waals surface area contributed by atoms with Crippen LogP contribution in [0.4, 0.5) is 16.3 Å². The molecule has 1 atom stereocenters. The topological polar surface area (TPSA) is 142 Å². The number of aromatic nitrogens is 4. The van der Waals surface area contributed by atoms with Crippen LogP contribution in [0.1, 0.15) is 60.7 Å². The van der Waals surface area contributed by atoms with Crippen LogP contribution in [0, 0.1) is 12.3 Å². The second kappa shape index (κ2) is 16.5. The molecule has 0 aliphatic carbocycles. The number of terminal acetylenes is 1. The van der Waals surface area contributed by atoms with E-state index in [1.54, 1.807) is 55.4 Å². The number of hydrogen-bond donors (Lipinski definition) is 3. The van der Waals surface area contributed by atoms with E-state index in [2.05, 4.69) is 52.6 Å². The Bertz CT molecular complexity index is 2370. The normalized spacial score (nSPS) is 11.7. The molecule has 0 unspecified atom stereocenters. The number of methoxy groups -OCH3 is 2. The van der Waals surface area contributed by atoms with Gasteiger partial charge in [0.25, 0.3) is 5.91 Å². The van der Waals surface area contributed by atoms with Gasteiger partial charge < -0.3 is 24.8 Å². The van der Waals surface area contributed by atoms with Crippen LogP contribution < -0.4 is 25.4 Å². The van der Waals surface area contributed by atoms with E-state index in [1.165, 1.54) is 0 Å². The van der Waals surface area contributed by atoms with Gasteiger partial charge in [-0.25, -0.2) is 14.5 Å². The van der Waals surface area contributed by atoms with Crippen molar-refractivity contribution >= 4 is 34.2 Å². The van der Waals surface area contributed by atoms with E-state index in [-0.39, 0.29) is 17.4 Å². The number of anilines is 2. The number of fused-ring (bicyclic) bond motifs is 1. The van der Waals surface area contributed by atoms with Crippen molar-refractivity contribution in [2.24, 2.45) is 0 Å². The lowest BCUT2D eigenvalue weighted by Crippen LogP contribution is -2.35. The molecule has 6 aromatic rings. The van der Waals surface area contributed by atoms with E-state index in [9.17, 15) is 9.59 Å². The Morgan fingerprint density at radius 1 is 0.927 bits per heavy atom. The zero-order valence-corrected chi connectivity index (χ0v) is 31.6. The number of urea groups is 1. The van der Waals surface area contributed by atoms with Gasteiger partial charge in [0.15, 0.2) is 0 Å². The molecule has 3 amide bonds. The van der Waals surface area contributed by atoms with E-state index < -0.39 is 6.03 Å². The molecule has 0 aliphatic rings. The van der Waals surface area contributed by atoms with Crippen molar-refractivity contribution in [3.8, 4) is 35.4 Å². The molecule has 280 valence electrons. The Kier molecular flexibility index (Phi) is 11.4. The van der Waals surface area contributed by atoms with Crippen LogP contribution in [-0.4, -0.2) is 58.6 Å². The van der Waals surface area contributed by atoms with Gasteiger partial charge in [-0.3, -0.25) is 10.1 Å². The number of rotatable bonds is 12. The molecule has 12 heteroatoms. The maximum absolute atomic E-state index is 13.5. The summed E-state index contributed by atoms with van der Waals surface area (Å²) in [5, 5.41) is 15.2. The average molecular weight is 738 g/mol. The van der Waals surface area contributed by atoms with Gasteiger partial charge in [-0.05, 0) is 67.1 Å². The standard InChI is InChI=1S/C43H43N7O5/c1-8-28-21-29(23-30(22-28)41(51)45-27(2)26-53-6)24-38-44-20-19-40(47-38)55-36-18-17-35(33-11-9-10-12-34(33)36)46-42(52)48-39-25-37(43(3,4)5)49-50(39)31-13-15-32(54-7)16-14-31/h1,9-23,25,27H,24,26H2,2-7H3,(H,45,51)(H2,46,48,52)/t27-/m0/s1. The molecule has 0 saturated heterocycles. The van der Waals surface area contributed by atoms with Crippen molar-refractivity contribution in [3.05, 3.63) is 125 Å². The lowest BCUT2D eigenvalue weighted by Gasteiger charge is -2.14. The second-order valence-electron chi connectivity index (χ2n) is 14.0. The smallest absolute Gasteiger partial charge is 0.324 e. The Morgan fingerprint density at radius 2 is 1.69 bits per heavy atom. The van der Waals surface area contributed by atoms with Gasteiger partial charge in [0.1, 0.15) is 23.1 Å². The first-order valence-electron chi connectivity index (χ1n) is 17.7. The van der Waals surface area contributed by atoms with Gasteiger partial charge in [-0.2, -0.15) is 10.1 Å². The molecule has 4 aromatic carbocycles. The van der Waals surface area contributed by atoms with E-state index in [0.29, 0.717) is 53.1 Å². The lowest BCUT2D eigenvalue weighted by atomic mass is 9.92. The summed E-state index contributed by atoms with van der Waals surface area (Å²) in [6.45, 7) is 8.45. The molecule has 2 heterocycles. The number of nitrogens with one attached hydrogen (secondary N) is 3. The largest absolute Gasteiger partial charge is 0.497 e. The Labute approximate surface area is 320 Å². The van der Waals surface area contributed by atoms with Gasteiger partial charge in [-0.1, -0.05) is 51.0 Å². The lowest BCUT2D eigenvalue weighted by molar-refractivity contribution is 0.0905. The highest BCUT2D eigenvalue weighted by Gasteiger charge is 2.22. The van der Waals surface area contributed by atoms with Crippen LogP contribution in [0.15, 0.2) is 97.2 Å². The first-order valence-corrected chi connectivity index (χ1v) is 17.7. The molecule has 0 bridgehead atoms. The summed E-state index contributed by atoms with van der Waals surface area (Å²) >= 11 is 0. The fraction of sp³-hybridized carbons (Fsp3) is 0.233. The molecule has 2 aromatic heterocycles. The predicted octanol–water partition coefficient (Wildman–Crippen LogP) is 7.89. The van der Waals surface area contributed by atoms with Gasteiger partial charge >= 0.3 is 6.03 Å². The highest BCUT2D eigenvalue weighted by atomic mass is 16.5. The van der Waals surface area contributed by atoms with E-state index >= 15 is 0 Å². The van der Waals surface area contributed by atoms with Crippen LogP contribution in [0.5, 0.6) is 17.4 Å². The minimum absolute atomic E-state index is 0.172. The molecule has 0 aliphatic heterocycles. The van der Waals surface area contributed by atoms with Crippen molar-refractivity contribution < 1.29 is 23.8 Å². The van der Waals surface area contributed by atoms with Gasteiger partial charge in [0.05, 0.1) is 30.8 Å². The first kappa shape index (κ1) is 38.0. The Hall–Kier alpha value is -6.71. The van der Waals surface area contributed by atoms with E-state index in [4.69, 9.17) is 25.7 Å². The molecular weight excluding hydrogens is 695 g/mol. The third kappa shape index (κ3) is 9.27. The number of ether oxygens (including phenoxy) is 3. The molecule has 0 saturated carbocycles. The molecular formula is C43H43N7O5. The monoisotopic (exact) mass is 737 g/mol. The summed E-state index contributed by atoms with van der Waals surface area (Å²) in [7, 11) is 3.20. The highest BCUT2D eigenvalue weighted by molar-refractivity contribution is 6.07. The molecule has 3 N–H and O–H groups in total. The molecule has 0 fully saturated rings. The van der Waals surface area contributed by atoms with E-state index in [1.807, 2.05) is 67.6 Å². The highest BCUT2D eigenvalue weighted by Crippen LogP contribution is 2.34. The molecule has 0 radical (unpaired) electrons. The zero-order chi connectivity index (χ0) is 39.1. The maximum atomic E-state index is 13.5. The summed E-state index contributed by atoms with van der Waals surface area (Å²) < 4.78 is 18.5. The Balaban J connectivity index is 1.20. The van der Waals surface area contributed by atoms with Crippen LogP contribution >= 0.6 is 0 Å². The maximum Gasteiger partial charge on any atom is 0.324 e. The van der Waals surface area contributed by atoms with Gasteiger partial charge in [0, 0.05) is 65.2 Å². The third-order valence-electron chi connectivity index (χ3n) is 8.64. The number of nitrogens with zero attached hydrogens (tertiary/aromatic N) is 4. The fourth-order valence-electron chi connectivity index (χ4n) is 5.92. The number of hydrogen-bond acceptors (Lipinski definition) is 8. The number of amides is 3. The van der Waals surface area contributed by atoms with Crippen molar-refractivity contribution in [1.82, 2.24) is 25.1 Å². The van der Waals surface area contributed by atoms with Crippen molar-refractivity contribution in [2.75, 3.05) is 31.5 Å². The average Bonchev–Trinajstić information content (AvgIpc) is 3.60. The minimum Gasteiger partial charge on any atom is -0.497 e. The van der Waals surface area contributed by atoms with Gasteiger partial charge in [-0.15, -0.1) is 6.42 Å². The number of benzene rings is 4. The molecule has 55 heavy (non-hydrogen) atoms. The zero-order valence-electron chi connectivity index (χ0n) is 31.6. The Morgan fingerprint density at radius 3 is 2.40 bits per heavy atom. The van der Waals surface area contributed by atoms with Crippen molar-refractivity contribution in [2.45, 2.75) is 45.6 Å².